The number of benzene rings is 1. The van der Waals surface area contributed by atoms with Gasteiger partial charge in [0.25, 0.3) is 5.91 Å². The summed E-state index contributed by atoms with van der Waals surface area (Å²) in [7, 11) is 4.12. The monoisotopic (exact) mass is 350 g/mol. The Labute approximate surface area is 150 Å². The molecule has 1 fully saturated rings. The average molecular weight is 350 g/mol. The van der Waals surface area contributed by atoms with Gasteiger partial charge in [0.2, 0.25) is 0 Å². The number of likely N-dealkylation sites (N-methyl/N-ethyl adjacent to an activating group) is 1. The average Bonchev–Trinajstić information content (AvgIpc) is 2.64. The SMILES string of the molecule is CCOCCOc1ccccc1C(=O)NCC1(N(C)C)CCOCC1. The summed E-state index contributed by atoms with van der Waals surface area (Å²) < 4.78 is 16.5. The molecule has 25 heavy (non-hydrogen) atoms. The number of carbonyl (C=O) groups excluding carboxylic acids is 1. The van der Waals surface area contributed by atoms with Gasteiger partial charge in [0, 0.05) is 31.9 Å². The molecule has 1 amide bonds. The second-order valence-corrected chi connectivity index (χ2v) is 6.46. The van der Waals surface area contributed by atoms with E-state index in [4.69, 9.17) is 14.2 Å². The minimum atomic E-state index is -0.111. The van der Waals surface area contributed by atoms with E-state index in [9.17, 15) is 4.79 Å². The first-order chi connectivity index (χ1) is 12.1. The summed E-state index contributed by atoms with van der Waals surface area (Å²) in [6.45, 7) is 5.58. The quantitative estimate of drug-likeness (QED) is 0.690. The van der Waals surface area contributed by atoms with Crippen molar-refractivity contribution in [2.45, 2.75) is 25.3 Å². The molecule has 1 aliphatic rings. The van der Waals surface area contributed by atoms with Crippen LogP contribution in [0.2, 0.25) is 0 Å². The van der Waals surface area contributed by atoms with Crippen LogP contribution in [-0.4, -0.2) is 70.0 Å². The molecule has 1 saturated heterocycles. The summed E-state index contributed by atoms with van der Waals surface area (Å²) in [5.41, 5.74) is 0.499. The third-order valence-corrected chi connectivity index (χ3v) is 4.77. The maximum atomic E-state index is 12.7. The Morgan fingerprint density at radius 1 is 1.24 bits per heavy atom. The van der Waals surface area contributed by atoms with Crippen LogP contribution in [0, 0.1) is 0 Å². The van der Waals surface area contributed by atoms with Gasteiger partial charge in [-0.15, -0.1) is 0 Å². The van der Waals surface area contributed by atoms with Crippen LogP contribution in [0.1, 0.15) is 30.1 Å². The van der Waals surface area contributed by atoms with Crippen LogP contribution in [-0.2, 0) is 9.47 Å². The number of hydrogen-bond donors (Lipinski definition) is 1. The van der Waals surface area contributed by atoms with Gasteiger partial charge in [-0.05, 0) is 46.0 Å². The fraction of sp³-hybridized carbons (Fsp3) is 0.632. The van der Waals surface area contributed by atoms with Crippen LogP contribution in [0.15, 0.2) is 24.3 Å². The van der Waals surface area contributed by atoms with Crippen molar-refractivity contribution in [1.29, 1.82) is 0 Å². The number of hydrogen-bond acceptors (Lipinski definition) is 5. The molecule has 1 N–H and O–H groups in total. The molecule has 0 atom stereocenters. The van der Waals surface area contributed by atoms with Crippen molar-refractivity contribution in [3.63, 3.8) is 0 Å². The number of nitrogens with zero attached hydrogens (tertiary/aromatic N) is 1. The van der Waals surface area contributed by atoms with Crippen molar-refractivity contribution >= 4 is 5.91 Å². The molecule has 6 nitrogen and oxygen atoms in total. The molecule has 0 unspecified atom stereocenters. The summed E-state index contributed by atoms with van der Waals surface area (Å²) >= 11 is 0. The largest absolute Gasteiger partial charge is 0.490 e. The summed E-state index contributed by atoms with van der Waals surface area (Å²) in [6, 6.07) is 7.32. The number of amides is 1. The van der Waals surface area contributed by atoms with E-state index in [0.717, 1.165) is 26.1 Å². The Hall–Kier alpha value is -1.63. The van der Waals surface area contributed by atoms with Crippen molar-refractivity contribution in [3.05, 3.63) is 29.8 Å². The van der Waals surface area contributed by atoms with Crippen LogP contribution < -0.4 is 10.1 Å². The van der Waals surface area contributed by atoms with Crippen LogP contribution in [0.5, 0.6) is 5.75 Å². The number of nitrogens with one attached hydrogen (secondary N) is 1. The van der Waals surface area contributed by atoms with Gasteiger partial charge < -0.3 is 24.4 Å². The fourth-order valence-corrected chi connectivity index (χ4v) is 3.01. The maximum Gasteiger partial charge on any atom is 0.255 e. The molecule has 0 bridgehead atoms. The highest BCUT2D eigenvalue weighted by atomic mass is 16.5. The molecule has 0 saturated carbocycles. The second-order valence-electron chi connectivity index (χ2n) is 6.46. The summed E-state index contributed by atoms with van der Waals surface area (Å²) in [5, 5.41) is 3.09. The predicted molar refractivity (Wildman–Crippen MR) is 97.2 cm³/mol. The first-order valence-corrected chi connectivity index (χ1v) is 8.92. The zero-order valence-corrected chi connectivity index (χ0v) is 15.5. The van der Waals surface area contributed by atoms with E-state index in [1.54, 1.807) is 6.07 Å². The molecule has 0 radical (unpaired) electrons. The zero-order chi connectivity index (χ0) is 18.1. The molecule has 140 valence electrons. The van der Waals surface area contributed by atoms with Gasteiger partial charge in [-0.3, -0.25) is 4.79 Å². The molecular formula is C19H30N2O4. The smallest absolute Gasteiger partial charge is 0.255 e. The molecule has 1 heterocycles. The topological polar surface area (TPSA) is 60.0 Å². The highest BCUT2D eigenvalue weighted by molar-refractivity contribution is 5.96. The van der Waals surface area contributed by atoms with E-state index in [1.165, 1.54) is 0 Å². The van der Waals surface area contributed by atoms with E-state index in [-0.39, 0.29) is 11.4 Å². The molecule has 1 aliphatic heterocycles. The van der Waals surface area contributed by atoms with E-state index in [1.807, 2.05) is 25.1 Å². The van der Waals surface area contributed by atoms with E-state index in [2.05, 4.69) is 24.3 Å². The lowest BCUT2D eigenvalue weighted by Gasteiger charge is -2.42. The molecule has 6 heteroatoms. The summed E-state index contributed by atoms with van der Waals surface area (Å²) in [4.78, 5) is 14.9. The van der Waals surface area contributed by atoms with Gasteiger partial charge in [0.1, 0.15) is 12.4 Å². The Morgan fingerprint density at radius 3 is 2.64 bits per heavy atom. The van der Waals surface area contributed by atoms with E-state index in [0.29, 0.717) is 37.7 Å². The van der Waals surface area contributed by atoms with Crippen molar-refractivity contribution in [3.8, 4) is 5.75 Å². The first kappa shape index (κ1) is 19.7. The fourth-order valence-electron chi connectivity index (χ4n) is 3.01. The number of ether oxygens (including phenoxy) is 3. The maximum absolute atomic E-state index is 12.7. The Balaban J connectivity index is 1.98. The molecule has 2 rings (SSSR count). The lowest BCUT2D eigenvalue weighted by Crippen LogP contribution is -2.55. The summed E-state index contributed by atoms with van der Waals surface area (Å²) in [5.74, 6) is 0.477. The number of carbonyl (C=O) groups is 1. The van der Waals surface area contributed by atoms with Gasteiger partial charge >= 0.3 is 0 Å². The van der Waals surface area contributed by atoms with Crippen LogP contribution >= 0.6 is 0 Å². The molecule has 0 aliphatic carbocycles. The van der Waals surface area contributed by atoms with Crippen molar-refractivity contribution < 1.29 is 19.0 Å². The van der Waals surface area contributed by atoms with E-state index < -0.39 is 0 Å². The van der Waals surface area contributed by atoms with Crippen LogP contribution in [0.3, 0.4) is 0 Å². The number of para-hydroxylation sites is 1. The zero-order valence-electron chi connectivity index (χ0n) is 15.5. The normalized spacial score (nSPS) is 16.6. The van der Waals surface area contributed by atoms with Crippen molar-refractivity contribution in [2.24, 2.45) is 0 Å². The molecule has 1 aromatic rings. The Morgan fingerprint density at radius 2 is 1.96 bits per heavy atom. The van der Waals surface area contributed by atoms with E-state index >= 15 is 0 Å². The second kappa shape index (κ2) is 9.75. The first-order valence-electron chi connectivity index (χ1n) is 8.92. The lowest BCUT2D eigenvalue weighted by molar-refractivity contribution is -0.00659. The van der Waals surface area contributed by atoms with Gasteiger partial charge in [-0.1, -0.05) is 12.1 Å². The third-order valence-electron chi connectivity index (χ3n) is 4.77. The molecule has 0 aromatic heterocycles. The lowest BCUT2D eigenvalue weighted by atomic mass is 9.88. The molecule has 0 spiro atoms. The minimum absolute atomic E-state index is 0.0569. The van der Waals surface area contributed by atoms with Crippen LogP contribution in [0.4, 0.5) is 0 Å². The van der Waals surface area contributed by atoms with Crippen molar-refractivity contribution in [1.82, 2.24) is 10.2 Å². The van der Waals surface area contributed by atoms with Gasteiger partial charge in [-0.25, -0.2) is 0 Å². The minimum Gasteiger partial charge on any atom is -0.490 e. The third kappa shape index (κ3) is 5.42. The van der Waals surface area contributed by atoms with Crippen molar-refractivity contribution in [2.75, 3.05) is 53.7 Å². The predicted octanol–water partition coefficient (Wildman–Crippen LogP) is 1.94. The Kier molecular flexibility index (Phi) is 7.68. The van der Waals surface area contributed by atoms with Gasteiger partial charge in [0.15, 0.2) is 0 Å². The summed E-state index contributed by atoms with van der Waals surface area (Å²) in [6.07, 6.45) is 1.82. The molecule has 1 aromatic carbocycles. The highest BCUT2D eigenvalue weighted by Gasteiger charge is 2.35. The van der Waals surface area contributed by atoms with Gasteiger partial charge in [-0.2, -0.15) is 0 Å². The van der Waals surface area contributed by atoms with Crippen LogP contribution in [0.25, 0.3) is 0 Å². The number of rotatable bonds is 9. The standard InChI is InChI=1S/C19H30N2O4/c1-4-23-13-14-25-17-8-6-5-7-16(17)18(22)20-15-19(21(2)3)9-11-24-12-10-19/h5-8H,4,9-15H2,1-3H3,(H,20,22). The highest BCUT2D eigenvalue weighted by Crippen LogP contribution is 2.25. The Bertz CT molecular complexity index is 542. The molecular weight excluding hydrogens is 320 g/mol. The van der Waals surface area contributed by atoms with Gasteiger partial charge in [0.05, 0.1) is 12.2 Å².